The van der Waals surface area contributed by atoms with Gasteiger partial charge in [0, 0.05) is 11.1 Å². The predicted molar refractivity (Wildman–Crippen MR) is 83.3 cm³/mol. The minimum Gasteiger partial charge on any atom is -0.507 e. The molecule has 2 aromatic carbocycles. The third-order valence-corrected chi connectivity index (χ3v) is 4.39. The summed E-state index contributed by atoms with van der Waals surface area (Å²) in [7, 11) is 0. The van der Waals surface area contributed by atoms with Gasteiger partial charge in [-0.2, -0.15) is 57.1 Å². The van der Waals surface area contributed by atoms with Gasteiger partial charge in [-0.15, -0.1) is 0 Å². The minimum absolute atomic E-state index is 0.0335. The van der Waals surface area contributed by atoms with Crippen molar-refractivity contribution in [3.05, 3.63) is 54.1 Å². The molecule has 14 heteroatoms. The second-order valence-electron chi connectivity index (χ2n) is 6.43. The molecule has 0 aliphatic heterocycles. The van der Waals surface area contributed by atoms with E-state index < -0.39 is 58.2 Å². The molecule has 0 amide bonds. The molecule has 0 aromatic heterocycles. The Morgan fingerprint density at radius 2 is 0.875 bits per heavy atom. The molecule has 0 saturated carbocycles. The lowest BCUT2D eigenvalue weighted by Gasteiger charge is -2.40. The van der Waals surface area contributed by atoms with E-state index in [9.17, 15) is 62.2 Å². The summed E-state index contributed by atoms with van der Waals surface area (Å²) in [6.07, 6.45) is -7.47. The summed E-state index contributed by atoms with van der Waals surface area (Å²) in [6.45, 7) is 0. The van der Waals surface area contributed by atoms with E-state index in [1.165, 1.54) is 0 Å². The van der Waals surface area contributed by atoms with Crippen LogP contribution in [0.5, 0.6) is 5.75 Å². The fourth-order valence-electron chi connectivity index (χ4n) is 2.63. The van der Waals surface area contributed by atoms with Gasteiger partial charge < -0.3 is 5.11 Å². The zero-order valence-corrected chi connectivity index (χ0v) is 15.0. The van der Waals surface area contributed by atoms with E-state index in [-0.39, 0.29) is 6.07 Å². The Labute approximate surface area is 170 Å². The molecule has 1 N–H and O–H groups in total. The molecule has 0 heterocycles. The molecule has 0 atom stereocenters. The van der Waals surface area contributed by atoms with E-state index in [1.807, 2.05) is 0 Å². The van der Waals surface area contributed by atoms with Crippen LogP contribution < -0.4 is 0 Å². The first-order valence-corrected chi connectivity index (χ1v) is 8.09. The number of rotatable bonds is 6. The zero-order chi connectivity index (χ0) is 25.0. The molecule has 178 valence electrons. The van der Waals surface area contributed by atoms with Crippen LogP contribution in [0, 0.1) is 0 Å². The molecule has 0 unspecified atom stereocenters. The van der Waals surface area contributed by atoms with Crippen molar-refractivity contribution in [2.24, 2.45) is 0 Å². The summed E-state index contributed by atoms with van der Waals surface area (Å²) >= 11 is 0. The van der Waals surface area contributed by atoms with E-state index >= 15 is 0 Å². The molecule has 0 bridgehead atoms. The van der Waals surface area contributed by atoms with Crippen LogP contribution in [0.4, 0.5) is 57.1 Å². The van der Waals surface area contributed by atoms with Crippen LogP contribution in [0.15, 0.2) is 48.5 Å². The lowest BCUT2D eigenvalue weighted by molar-refractivity contribution is -0.441. The topological polar surface area (TPSA) is 20.2 Å². The quantitative estimate of drug-likeness (QED) is 0.425. The minimum atomic E-state index is -7.98. The van der Waals surface area contributed by atoms with Crippen molar-refractivity contribution >= 4 is 0 Å². The average molecular weight is 488 g/mol. The normalized spacial score (nSPS) is 14.5. The second-order valence-corrected chi connectivity index (χ2v) is 6.43. The summed E-state index contributed by atoms with van der Waals surface area (Å²) in [5.74, 6) is -38.4. The third-order valence-electron chi connectivity index (χ3n) is 4.39. The maximum atomic E-state index is 14.6. The van der Waals surface area contributed by atoms with Crippen LogP contribution in [0.1, 0.15) is 5.56 Å². The molecule has 2 aromatic rings. The Hall–Kier alpha value is -2.67. The van der Waals surface area contributed by atoms with E-state index in [2.05, 4.69) is 0 Å². The van der Waals surface area contributed by atoms with Gasteiger partial charge in [-0.05, 0) is 11.6 Å². The number of phenolic OH excluding ortho intramolecular Hbond substituents is 1. The van der Waals surface area contributed by atoms with Crippen LogP contribution in [-0.4, -0.2) is 35.0 Å². The fraction of sp³-hybridized carbons (Fsp3) is 0.333. The zero-order valence-electron chi connectivity index (χ0n) is 15.0. The number of alkyl halides is 13. The number of hydrogen-bond donors (Lipinski definition) is 1. The third kappa shape index (κ3) is 3.43. The number of hydrogen-bond acceptors (Lipinski definition) is 1. The van der Waals surface area contributed by atoms with Crippen molar-refractivity contribution in [2.45, 2.75) is 35.8 Å². The molecule has 0 aliphatic carbocycles. The van der Waals surface area contributed by atoms with Crippen LogP contribution >= 0.6 is 0 Å². The van der Waals surface area contributed by atoms with Crippen LogP contribution in [0.2, 0.25) is 0 Å². The number of para-hydroxylation sites is 1. The molecular weight excluding hydrogens is 479 g/mol. The summed E-state index contributed by atoms with van der Waals surface area (Å²) < 4.78 is 174. The summed E-state index contributed by atoms with van der Waals surface area (Å²) in [6, 6.07) is 5.98. The molecule has 0 spiro atoms. The Morgan fingerprint density at radius 1 is 0.469 bits per heavy atom. The number of aromatic hydroxyl groups is 1. The summed E-state index contributed by atoms with van der Waals surface area (Å²) in [4.78, 5) is 0. The van der Waals surface area contributed by atoms with Crippen molar-refractivity contribution in [3.8, 4) is 16.9 Å². The van der Waals surface area contributed by atoms with Crippen molar-refractivity contribution in [3.63, 3.8) is 0 Å². The van der Waals surface area contributed by atoms with Gasteiger partial charge in [0.05, 0.1) is 0 Å². The highest BCUT2D eigenvalue weighted by molar-refractivity contribution is 5.73. The predicted octanol–water partition coefficient (Wildman–Crippen LogP) is 7.25. The van der Waals surface area contributed by atoms with Crippen LogP contribution in [0.3, 0.4) is 0 Å². The molecule has 32 heavy (non-hydrogen) atoms. The van der Waals surface area contributed by atoms with E-state index in [0.717, 1.165) is 30.3 Å². The fourth-order valence-corrected chi connectivity index (χ4v) is 2.63. The average Bonchev–Trinajstić information content (AvgIpc) is 2.67. The van der Waals surface area contributed by atoms with Crippen molar-refractivity contribution < 1.29 is 62.2 Å². The number of benzene rings is 2. The maximum absolute atomic E-state index is 14.6. The molecule has 2 rings (SSSR count). The lowest BCUT2D eigenvalue weighted by Crippen LogP contribution is -2.69. The molecule has 0 saturated heterocycles. The first-order valence-electron chi connectivity index (χ1n) is 8.09. The van der Waals surface area contributed by atoms with Crippen molar-refractivity contribution in [2.75, 3.05) is 0 Å². The molecular formula is C18H9F13O. The Kier molecular flexibility index (Phi) is 5.95. The monoisotopic (exact) mass is 488 g/mol. The highest BCUT2D eigenvalue weighted by Gasteiger charge is 2.90. The van der Waals surface area contributed by atoms with Crippen molar-refractivity contribution in [1.82, 2.24) is 0 Å². The molecule has 0 radical (unpaired) electrons. The van der Waals surface area contributed by atoms with Gasteiger partial charge in [0.2, 0.25) is 0 Å². The van der Waals surface area contributed by atoms with Gasteiger partial charge >= 0.3 is 35.8 Å². The second kappa shape index (κ2) is 7.44. The summed E-state index contributed by atoms with van der Waals surface area (Å²) in [5, 5.41) is 9.72. The van der Waals surface area contributed by atoms with Crippen LogP contribution in [-0.2, 0) is 5.92 Å². The summed E-state index contributed by atoms with van der Waals surface area (Å²) in [5.41, 5.74) is -3.91. The van der Waals surface area contributed by atoms with Gasteiger partial charge in [0.15, 0.2) is 0 Å². The highest BCUT2D eigenvalue weighted by atomic mass is 19.4. The van der Waals surface area contributed by atoms with Gasteiger partial charge in [0.1, 0.15) is 5.75 Å². The van der Waals surface area contributed by atoms with Crippen molar-refractivity contribution in [1.29, 1.82) is 0 Å². The number of phenols is 1. The van der Waals surface area contributed by atoms with Gasteiger partial charge in [-0.3, -0.25) is 0 Å². The largest absolute Gasteiger partial charge is 0.507 e. The number of halogens is 13. The standard InChI is InChI=1S/C18H9F13O/c19-13(20,11-7-3-1-5-9(11)10-6-2-4-8-12(10)32)14(21,22)15(23,24)16(25,26)17(27,28)18(29,30)31/h1-8,32H. The van der Waals surface area contributed by atoms with Gasteiger partial charge in [-0.1, -0.05) is 42.5 Å². The van der Waals surface area contributed by atoms with E-state index in [4.69, 9.17) is 0 Å². The highest BCUT2D eigenvalue weighted by Crippen LogP contribution is 2.62. The Bertz CT molecular complexity index is 979. The maximum Gasteiger partial charge on any atom is 0.460 e. The molecule has 1 nitrogen and oxygen atoms in total. The SMILES string of the molecule is Oc1ccccc1-c1ccccc1C(F)(F)C(F)(F)C(F)(F)C(F)(F)C(F)(F)C(F)(F)F. The van der Waals surface area contributed by atoms with E-state index in [0.29, 0.717) is 12.1 Å². The van der Waals surface area contributed by atoms with Gasteiger partial charge in [-0.25, -0.2) is 0 Å². The first-order chi connectivity index (χ1) is 14.2. The van der Waals surface area contributed by atoms with Gasteiger partial charge in [0.25, 0.3) is 0 Å². The Morgan fingerprint density at radius 3 is 1.34 bits per heavy atom. The Balaban J connectivity index is 2.73. The lowest BCUT2D eigenvalue weighted by atomic mass is 9.87. The first kappa shape index (κ1) is 25.6. The molecule has 0 fully saturated rings. The smallest absolute Gasteiger partial charge is 0.460 e. The molecule has 0 aliphatic rings. The van der Waals surface area contributed by atoms with E-state index in [1.54, 1.807) is 0 Å². The van der Waals surface area contributed by atoms with Crippen LogP contribution in [0.25, 0.3) is 11.1 Å².